The minimum atomic E-state index is -0.368. The number of anilines is 1. The highest BCUT2D eigenvalue weighted by Crippen LogP contribution is 2.24. The van der Waals surface area contributed by atoms with Crippen molar-refractivity contribution in [3.8, 4) is 17.0 Å². The Bertz CT molecular complexity index is 1070. The van der Waals surface area contributed by atoms with Gasteiger partial charge >= 0.3 is 5.97 Å². The van der Waals surface area contributed by atoms with Gasteiger partial charge in [-0.05, 0) is 42.5 Å². The fraction of sp³-hybridized carbons (Fsp3) is 0.370. The van der Waals surface area contributed by atoms with Crippen LogP contribution in [0.1, 0.15) is 56.2 Å². The number of hydrogen-bond donors (Lipinski definition) is 1. The lowest BCUT2D eigenvalue weighted by molar-refractivity contribution is -0.214. The van der Waals surface area contributed by atoms with Crippen LogP contribution in [0.3, 0.4) is 0 Å². The first-order chi connectivity index (χ1) is 16.5. The van der Waals surface area contributed by atoms with E-state index in [-0.39, 0.29) is 5.97 Å². The van der Waals surface area contributed by atoms with Crippen LogP contribution in [0.5, 0.6) is 5.75 Å². The second kappa shape index (κ2) is 12.7. The Morgan fingerprint density at radius 1 is 1.03 bits per heavy atom. The van der Waals surface area contributed by atoms with Crippen molar-refractivity contribution in [2.45, 2.75) is 59.5 Å². The zero-order chi connectivity index (χ0) is 24.3. The van der Waals surface area contributed by atoms with Gasteiger partial charge in [0, 0.05) is 31.6 Å². The van der Waals surface area contributed by atoms with Gasteiger partial charge in [-0.3, -0.25) is 14.8 Å². The number of nitrogens with zero attached hydrogens (tertiary/aromatic N) is 3. The molecule has 0 radical (unpaired) electrons. The number of rotatable bonds is 12. The van der Waals surface area contributed by atoms with Crippen molar-refractivity contribution in [2.75, 3.05) is 11.4 Å². The van der Waals surface area contributed by atoms with Crippen LogP contribution >= 0.6 is 0 Å². The van der Waals surface area contributed by atoms with Crippen LogP contribution in [0.25, 0.3) is 11.3 Å². The average molecular weight is 463 g/mol. The van der Waals surface area contributed by atoms with E-state index in [1.165, 1.54) is 0 Å². The zero-order valence-electron chi connectivity index (χ0n) is 20.3. The highest BCUT2D eigenvalue weighted by atomic mass is 17.2. The average Bonchev–Trinajstić information content (AvgIpc) is 2.86. The maximum absolute atomic E-state index is 11.6. The van der Waals surface area contributed by atoms with Gasteiger partial charge in [0.25, 0.3) is 0 Å². The summed E-state index contributed by atoms with van der Waals surface area (Å²) in [5, 5.41) is 0. The summed E-state index contributed by atoms with van der Waals surface area (Å²) < 4.78 is 0. The fourth-order valence-electron chi connectivity index (χ4n) is 3.54. The van der Waals surface area contributed by atoms with Gasteiger partial charge in [-0.25, -0.2) is 9.78 Å². The van der Waals surface area contributed by atoms with Crippen LogP contribution in [0.15, 0.2) is 54.9 Å². The van der Waals surface area contributed by atoms with Gasteiger partial charge in [0.2, 0.25) is 0 Å². The SMILES string of the molecule is CCCCN(Cc1ccc(OOC(=O)CCC)c(C)c1)c1cncc(-c2ccc(CN)cc2)n1. The van der Waals surface area contributed by atoms with Crippen molar-refractivity contribution in [1.82, 2.24) is 9.97 Å². The molecule has 1 heterocycles. The Kier molecular flexibility index (Phi) is 9.40. The minimum absolute atomic E-state index is 0.334. The Hall–Kier alpha value is -3.45. The van der Waals surface area contributed by atoms with Gasteiger partial charge in [0.15, 0.2) is 5.75 Å². The van der Waals surface area contributed by atoms with E-state index in [0.29, 0.717) is 25.3 Å². The molecule has 2 aromatic carbocycles. The predicted molar refractivity (Wildman–Crippen MR) is 134 cm³/mol. The van der Waals surface area contributed by atoms with E-state index in [1.807, 2.05) is 62.5 Å². The van der Waals surface area contributed by atoms with Crippen molar-refractivity contribution in [3.05, 3.63) is 71.5 Å². The molecule has 34 heavy (non-hydrogen) atoms. The molecule has 7 heteroatoms. The summed E-state index contributed by atoms with van der Waals surface area (Å²) >= 11 is 0. The third kappa shape index (κ3) is 7.02. The van der Waals surface area contributed by atoms with Crippen molar-refractivity contribution in [2.24, 2.45) is 5.73 Å². The summed E-state index contributed by atoms with van der Waals surface area (Å²) in [5.41, 5.74) is 10.7. The first-order valence-corrected chi connectivity index (χ1v) is 11.9. The van der Waals surface area contributed by atoms with E-state index in [0.717, 1.165) is 59.6 Å². The first kappa shape index (κ1) is 25.2. The summed E-state index contributed by atoms with van der Waals surface area (Å²) in [6, 6.07) is 14.0. The third-order valence-electron chi connectivity index (χ3n) is 5.50. The van der Waals surface area contributed by atoms with E-state index in [9.17, 15) is 4.79 Å². The largest absolute Gasteiger partial charge is 0.355 e. The molecular formula is C27H34N4O3. The molecule has 0 fully saturated rings. The lowest BCUT2D eigenvalue weighted by Crippen LogP contribution is -2.25. The van der Waals surface area contributed by atoms with Crippen LogP contribution in [-0.4, -0.2) is 22.5 Å². The van der Waals surface area contributed by atoms with Crippen LogP contribution in [0.2, 0.25) is 0 Å². The van der Waals surface area contributed by atoms with E-state index < -0.39 is 0 Å². The number of aromatic nitrogens is 2. The van der Waals surface area contributed by atoms with Gasteiger partial charge in [0.05, 0.1) is 18.1 Å². The Balaban J connectivity index is 1.77. The molecule has 0 bridgehead atoms. The number of nitrogens with two attached hydrogens (primary N) is 1. The molecule has 0 atom stereocenters. The van der Waals surface area contributed by atoms with Crippen LogP contribution in [0.4, 0.5) is 5.82 Å². The molecule has 7 nitrogen and oxygen atoms in total. The number of unbranched alkanes of at least 4 members (excludes halogenated alkanes) is 1. The molecule has 0 aliphatic rings. The molecule has 0 spiro atoms. The van der Waals surface area contributed by atoms with Crippen LogP contribution in [-0.2, 0) is 22.8 Å². The van der Waals surface area contributed by atoms with Gasteiger partial charge in [-0.1, -0.05) is 56.7 Å². The van der Waals surface area contributed by atoms with E-state index in [1.54, 1.807) is 6.20 Å². The molecule has 0 saturated heterocycles. The second-order valence-corrected chi connectivity index (χ2v) is 8.33. The van der Waals surface area contributed by atoms with E-state index in [2.05, 4.69) is 16.8 Å². The Morgan fingerprint density at radius 3 is 2.47 bits per heavy atom. The topological polar surface area (TPSA) is 90.6 Å². The molecule has 0 aliphatic heterocycles. The van der Waals surface area contributed by atoms with E-state index in [4.69, 9.17) is 20.5 Å². The number of benzene rings is 2. The molecule has 0 saturated carbocycles. The Morgan fingerprint density at radius 2 is 1.79 bits per heavy atom. The predicted octanol–water partition coefficient (Wildman–Crippen LogP) is 5.35. The summed E-state index contributed by atoms with van der Waals surface area (Å²) in [5.74, 6) is 1.00. The number of hydrogen-bond acceptors (Lipinski definition) is 7. The molecule has 3 aromatic rings. The minimum Gasteiger partial charge on any atom is -0.351 e. The standard InChI is InChI=1S/C27H34N4O3/c1-4-6-14-31(19-22-10-13-25(20(3)15-22)33-34-27(32)7-5-2)26-18-29-17-24(30-26)23-11-8-21(16-28)9-12-23/h8-13,15,17-18H,4-7,14,16,19,28H2,1-3H3. The number of carbonyl (C=O) groups is 1. The summed E-state index contributed by atoms with van der Waals surface area (Å²) in [7, 11) is 0. The van der Waals surface area contributed by atoms with Gasteiger partial charge < -0.3 is 10.6 Å². The molecule has 2 N–H and O–H groups in total. The molecule has 1 aromatic heterocycles. The summed E-state index contributed by atoms with van der Waals surface area (Å²) in [6.07, 6.45) is 6.78. The number of aryl methyl sites for hydroxylation is 1. The Labute approximate surface area is 201 Å². The monoisotopic (exact) mass is 462 g/mol. The second-order valence-electron chi connectivity index (χ2n) is 8.33. The van der Waals surface area contributed by atoms with Crippen molar-refractivity contribution in [1.29, 1.82) is 0 Å². The lowest BCUT2D eigenvalue weighted by atomic mass is 10.1. The molecule has 0 amide bonds. The lowest BCUT2D eigenvalue weighted by Gasteiger charge is -2.24. The van der Waals surface area contributed by atoms with Gasteiger partial charge in [-0.15, -0.1) is 0 Å². The van der Waals surface area contributed by atoms with E-state index >= 15 is 0 Å². The zero-order valence-corrected chi connectivity index (χ0v) is 20.3. The molecule has 0 unspecified atom stereocenters. The van der Waals surface area contributed by atoms with Crippen LogP contribution < -0.4 is 15.5 Å². The smallest absolute Gasteiger partial charge is 0.351 e. The van der Waals surface area contributed by atoms with Crippen molar-refractivity contribution < 1.29 is 14.6 Å². The fourth-order valence-corrected chi connectivity index (χ4v) is 3.54. The van der Waals surface area contributed by atoms with Crippen molar-refractivity contribution >= 4 is 11.8 Å². The normalized spacial score (nSPS) is 10.7. The number of carbonyl (C=O) groups excluding carboxylic acids is 1. The third-order valence-corrected chi connectivity index (χ3v) is 5.50. The van der Waals surface area contributed by atoms with Gasteiger partial charge in [-0.2, -0.15) is 0 Å². The highest BCUT2D eigenvalue weighted by molar-refractivity contribution is 5.68. The highest BCUT2D eigenvalue weighted by Gasteiger charge is 2.13. The summed E-state index contributed by atoms with van der Waals surface area (Å²) in [6.45, 7) is 8.10. The maximum Gasteiger partial charge on any atom is 0.355 e. The van der Waals surface area contributed by atoms with Crippen LogP contribution in [0, 0.1) is 6.92 Å². The maximum atomic E-state index is 11.6. The van der Waals surface area contributed by atoms with Gasteiger partial charge in [0.1, 0.15) is 5.82 Å². The molecule has 3 rings (SSSR count). The van der Waals surface area contributed by atoms with Crippen molar-refractivity contribution in [3.63, 3.8) is 0 Å². The molecular weight excluding hydrogens is 428 g/mol. The molecule has 180 valence electrons. The molecule has 0 aliphatic carbocycles. The first-order valence-electron chi connectivity index (χ1n) is 11.9. The summed E-state index contributed by atoms with van der Waals surface area (Å²) in [4.78, 5) is 33.3. The quantitative estimate of drug-likeness (QED) is 0.286.